The third-order valence-electron chi connectivity index (χ3n) is 2.57. The van der Waals surface area contributed by atoms with Crippen molar-refractivity contribution >= 4 is 6.72 Å². The number of aliphatic imine (C=N–C) groups is 1. The van der Waals surface area contributed by atoms with Gasteiger partial charge in [-0.15, -0.1) is 0 Å². The Balaban J connectivity index is 2.47. The van der Waals surface area contributed by atoms with Gasteiger partial charge < -0.3 is 10.2 Å². The third kappa shape index (κ3) is 3.08. The molecule has 2 atom stereocenters. The lowest BCUT2D eigenvalue weighted by Crippen LogP contribution is -2.52. The van der Waals surface area contributed by atoms with E-state index in [9.17, 15) is 0 Å². The van der Waals surface area contributed by atoms with Gasteiger partial charge in [0.25, 0.3) is 0 Å². The Morgan fingerprint density at radius 2 is 2.23 bits per heavy atom. The van der Waals surface area contributed by atoms with Crippen molar-refractivity contribution in [1.29, 1.82) is 0 Å². The van der Waals surface area contributed by atoms with Gasteiger partial charge in [-0.25, -0.2) is 0 Å². The van der Waals surface area contributed by atoms with E-state index in [-0.39, 0.29) is 0 Å². The molecule has 1 heterocycles. The van der Waals surface area contributed by atoms with Gasteiger partial charge >= 0.3 is 0 Å². The summed E-state index contributed by atoms with van der Waals surface area (Å²) in [6.07, 6.45) is 1.18. The standard InChI is InChI=1S/C10H21N3/c1-8(2)12-9-5-6-13(4)7-10(9)11-3/h8-10,12H,3,5-7H2,1-2,4H3. The van der Waals surface area contributed by atoms with Crippen molar-refractivity contribution in [3.63, 3.8) is 0 Å². The maximum atomic E-state index is 4.18. The SMILES string of the molecule is C=NC1CN(C)CCC1NC(C)C. The van der Waals surface area contributed by atoms with E-state index in [0.717, 1.165) is 13.1 Å². The van der Waals surface area contributed by atoms with E-state index < -0.39 is 0 Å². The van der Waals surface area contributed by atoms with Crippen molar-refractivity contribution in [2.24, 2.45) is 4.99 Å². The molecule has 13 heavy (non-hydrogen) atoms. The lowest BCUT2D eigenvalue weighted by atomic mass is 9.99. The van der Waals surface area contributed by atoms with Crippen molar-refractivity contribution < 1.29 is 0 Å². The summed E-state index contributed by atoms with van der Waals surface area (Å²) in [6, 6.07) is 1.42. The molecule has 76 valence electrons. The highest BCUT2D eigenvalue weighted by atomic mass is 15.2. The summed E-state index contributed by atoms with van der Waals surface area (Å²) in [5.74, 6) is 0. The van der Waals surface area contributed by atoms with Gasteiger partial charge in [-0.2, -0.15) is 0 Å². The van der Waals surface area contributed by atoms with Crippen LogP contribution in [0.1, 0.15) is 20.3 Å². The molecule has 1 aliphatic heterocycles. The second-order valence-electron chi connectivity index (χ2n) is 4.23. The first kappa shape index (κ1) is 10.7. The Labute approximate surface area is 81.2 Å². The van der Waals surface area contributed by atoms with Crippen molar-refractivity contribution in [2.45, 2.75) is 38.4 Å². The van der Waals surface area contributed by atoms with Gasteiger partial charge in [0, 0.05) is 18.6 Å². The minimum absolute atomic E-state index is 0.362. The van der Waals surface area contributed by atoms with Crippen LogP contribution in [0.15, 0.2) is 4.99 Å². The molecule has 0 aromatic rings. The summed E-state index contributed by atoms with van der Waals surface area (Å²) in [5.41, 5.74) is 0. The molecule has 0 spiro atoms. The molecule has 1 aliphatic rings. The van der Waals surface area contributed by atoms with Gasteiger partial charge in [0.05, 0.1) is 6.04 Å². The molecule has 0 aromatic heterocycles. The second-order valence-corrected chi connectivity index (χ2v) is 4.23. The quantitative estimate of drug-likeness (QED) is 0.654. The van der Waals surface area contributed by atoms with Gasteiger partial charge in [-0.1, -0.05) is 13.8 Å². The minimum Gasteiger partial charge on any atom is -0.310 e. The summed E-state index contributed by atoms with van der Waals surface area (Å²) in [6.45, 7) is 10.2. The van der Waals surface area contributed by atoms with Crippen molar-refractivity contribution in [3.05, 3.63) is 0 Å². The van der Waals surface area contributed by atoms with Crippen LogP contribution in [0.4, 0.5) is 0 Å². The highest BCUT2D eigenvalue weighted by Gasteiger charge is 2.26. The zero-order valence-electron chi connectivity index (χ0n) is 8.95. The predicted octanol–water partition coefficient (Wildman–Crippen LogP) is 0.758. The lowest BCUT2D eigenvalue weighted by Gasteiger charge is -2.35. The van der Waals surface area contributed by atoms with Gasteiger partial charge in [0.1, 0.15) is 0 Å². The average Bonchev–Trinajstić information content (AvgIpc) is 2.07. The van der Waals surface area contributed by atoms with E-state index in [2.05, 4.69) is 42.8 Å². The fourth-order valence-electron chi connectivity index (χ4n) is 1.90. The Hall–Kier alpha value is -0.410. The molecule has 0 bridgehead atoms. The fourth-order valence-corrected chi connectivity index (χ4v) is 1.90. The number of hydrogen-bond donors (Lipinski definition) is 1. The van der Waals surface area contributed by atoms with Crippen LogP contribution in [0.25, 0.3) is 0 Å². The Kier molecular flexibility index (Phi) is 3.88. The average molecular weight is 183 g/mol. The van der Waals surface area contributed by atoms with E-state index in [0.29, 0.717) is 18.1 Å². The van der Waals surface area contributed by atoms with Crippen LogP contribution in [0.2, 0.25) is 0 Å². The number of likely N-dealkylation sites (N-methyl/N-ethyl adjacent to an activating group) is 1. The normalized spacial score (nSPS) is 30.8. The van der Waals surface area contributed by atoms with Crippen LogP contribution in [-0.4, -0.2) is 49.9 Å². The minimum atomic E-state index is 0.362. The molecule has 1 fully saturated rings. The highest BCUT2D eigenvalue weighted by Crippen LogP contribution is 2.12. The van der Waals surface area contributed by atoms with Crippen LogP contribution < -0.4 is 5.32 Å². The van der Waals surface area contributed by atoms with Crippen LogP contribution in [-0.2, 0) is 0 Å². The second kappa shape index (κ2) is 4.72. The molecule has 3 heteroatoms. The molecule has 0 aliphatic carbocycles. The topological polar surface area (TPSA) is 27.6 Å². The molecular formula is C10H21N3. The predicted molar refractivity (Wildman–Crippen MR) is 57.5 cm³/mol. The number of piperidine rings is 1. The van der Waals surface area contributed by atoms with Gasteiger partial charge in [-0.05, 0) is 26.7 Å². The van der Waals surface area contributed by atoms with Crippen LogP contribution in [0.5, 0.6) is 0 Å². The molecule has 0 amide bonds. The molecule has 0 saturated carbocycles. The molecule has 3 nitrogen and oxygen atoms in total. The number of likely N-dealkylation sites (tertiary alicyclic amines) is 1. The highest BCUT2D eigenvalue weighted by molar-refractivity contribution is 5.25. The van der Waals surface area contributed by atoms with E-state index in [1.165, 1.54) is 6.42 Å². The van der Waals surface area contributed by atoms with E-state index in [1.54, 1.807) is 0 Å². The van der Waals surface area contributed by atoms with Crippen molar-refractivity contribution in [1.82, 2.24) is 10.2 Å². The summed E-state index contributed by atoms with van der Waals surface area (Å²) in [4.78, 5) is 6.50. The number of nitrogens with one attached hydrogen (secondary N) is 1. The molecule has 0 radical (unpaired) electrons. The number of nitrogens with zero attached hydrogens (tertiary/aromatic N) is 2. The van der Waals surface area contributed by atoms with Gasteiger partial charge in [-0.3, -0.25) is 4.99 Å². The fraction of sp³-hybridized carbons (Fsp3) is 0.900. The summed E-state index contributed by atoms with van der Waals surface area (Å²) in [7, 11) is 2.14. The first-order chi connectivity index (χ1) is 6.13. The Bertz CT molecular complexity index is 168. The van der Waals surface area contributed by atoms with E-state index in [4.69, 9.17) is 0 Å². The molecule has 1 saturated heterocycles. The summed E-state index contributed by atoms with van der Waals surface area (Å²) < 4.78 is 0. The molecule has 0 aromatic carbocycles. The number of rotatable bonds is 3. The van der Waals surface area contributed by atoms with Gasteiger partial charge in [0.15, 0.2) is 0 Å². The first-order valence-electron chi connectivity index (χ1n) is 5.04. The van der Waals surface area contributed by atoms with Crippen molar-refractivity contribution in [3.8, 4) is 0 Å². The zero-order chi connectivity index (χ0) is 9.84. The number of hydrogen-bond acceptors (Lipinski definition) is 3. The molecular weight excluding hydrogens is 162 g/mol. The smallest absolute Gasteiger partial charge is 0.0772 e. The zero-order valence-corrected chi connectivity index (χ0v) is 8.95. The van der Waals surface area contributed by atoms with Crippen LogP contribution in [0.3, 0.4) is 0 Å². The molecule has 1 rings (SSSR count). The monoisotopic (exact) mass is 183 g/mol. The Morgan fingerprint density at radius 1 is 1.54 bits per heavy atom. The Morgan fingerprint density at radius 3 is 2.77 bits per heavy atom. The largest absolute Gasteiger partial charge is 0.310 e. The maximum absolute atomic E-state index is 4.18. The van der Waals surface area contributed by atoms with Crippen LogP contribution in [0, 0.1) is 0 Å². The summed E-state index contributed by atoms with van der Waals surface area (Å²) in [5, 5.41) is 3.54. The maximum Gasteiger partial charge on any atom is 0.0772 e. The van der Waals surface area contributed by atoms with E-state index in [1.807, 2.05) is 0 Å². The molecule has 1 N–H and O–H groups in total. The van der Waals surface area contributed by atoms with Crippen molar-refractivity contribution in [2.75, 3.05) is 20.1 Å². The van der Waals surface area contributed by atoms with E-state index >= 15 is 0 Å². The van der Waals surface area contributed by atoms with Gasteiger partial charge in [0.2, 0.25) is 0 Å². The third-order valence-corrected chi connectivity index (χ3v) is 2.57. The van der Waals surface area contributed by atoms with Crippen LogP contribution >= 0.6 is 0 Å². The lowest BCUT2D eigenvalue weighted by molar-refractivity contribution is 0.203. The first-order valence-corrected chi connectivity index (χ1v) is 5.04. The molecule has 2 unspecified atom stereocenters. The summed E-state index contributed by atoms with van der Waals surface area (Å²) >= 11 is 0.